The van der Waals surface area contributed by atoms with E-state index in [2.05, 4.69) is 44.8 Å². The first kappa shape index (κ1) is 17.1. The third-order valence-electron chi connectivity index (χ3n) is 3.00. The van der Waals surface area contributed by atoms with Crippen LogP contribution in [-0.2, 0) is 11.2 Å². The summed E-state index contributed by atoms with van der Waals surface area (Å²) in [6, 6.07) is 0.0351. The van der Waals surface area contributed by atoms with E-state index in [4.69, 9.17) is 15.0 Å². The van der Waals surface area contributed by atoms with Crippen molar-refractivity contribution in [1.82, 2.24) is 10.1 Å². The van der Waals surface area contributed by atoms with Crippen LogP contribution in [0.1, 0.15) is 65.8 Å². The number of ether oxygens (including phenoxy) is 1. The molecule has 0 bridgehead atoms. The van der Waals surface area contributed by atoms with Gasteiger partial charge in [-0.2, -0.15) is 4.98 Å². The minimum absolute atomic E-state index is 0.0351. The van der Waals surface area contributed by atoms with Crippen molar-refractivity contribution in [2.75, 3.05) is 6.61 Å². The predicted octanol–water partition coefficient (Wildman–Crippen LogP) is 3.11. The normalized spacial score (nSPS) is 15.6. The largest absolute Gasteiger partial charge is 0.370 e. The number of nitrogens with two attached hydrogens (primary N) is 1. The first-order chi connectivity index (χ1) is 9.23. The minimum Gasteiger partial charge on any atom is -0.370 e. The monoisotopic (exact) mass is 283 g/mol. The maximum absolute atomic E-state index is 6.14. The van der Waals surface area contributed by atoms with Crippen LogP contribution in [0.15, 0.2) is 4.52 Å². The number of rotatable bonds is 7. The van der Waals surface area contributed by atoms with E-state index in [0.29, 0.717) is 30.7 Å². The summed E-state index contributed by atoms with van der Waals surface area (Å²) in [6.45, 7) is 13.3. The second-order valence-corrected chi connectivity index (χ2v) is 6.90. The number of nitrogens with zero attached hydrogens (tertiary/aromatic N) is 2. The van der Waals surface area contributed by atoms with Gasteiger partial charge in [-0.15, -0.1) is 0 Å². The lowest BCUT2D eigenvalue weighted by Gasteiger charge is -2.21. The molecular formula is C15H29N3O2. The third-order valence-corrected chi connectivity index (χ3v) is 3.00. The molecule has 5 heteroatoms. The van der Waals surface area contributed by atoms with Crippen molar-refractivity contribution in [1.29, 1.82) is 0 Å². The summed E-state index contributed by atoms with van der Waals surface area (Å²) in [6.07, 6.45) is 1.42. The van der Waals surface area contributed by atoms with Gasteiger partial charge in [0.1, 0.15) is 6.10 Å². The molecule has 2 N–H and O–H groups in total. The number of hydrogen-bond acceptors (Lipinski definition) is 5. The Bertz CT molecular complexity index is 396. The van der Waals surface area contributed by atoms with Crippen molar-refractivity contribution < 1.29 is 9.26 Å². The highest BCUT2D eigenvalue weighted by Crippen LogP contribution is 2.24. The highest BCUT2D eigenvalue weighted by molar-refractivity contribution is 4.94. The molecule has 0 spiro atoms. The molecule has 0 amide bonds. The smallest absolute Gasteiger partial charge is 0.228 e. The summed E-state index contributed by atoms with van der Waals surface area (Å²) in [5, 5.41) is 4.04. The van der Waals surface area contributed by atoms with Gasteiger partial charge in [-0.25, -0.2) is 0 Å². The van der Waals surface area contributed by atoms with Gasteiger partial charge in [0, 0.05) is 19.1 Å². The molecule has 20 heavy (non-hydrogen) atoms. The summed E-state index contributed by atoms with van der Waals surface area (Å²) >= 11 is 0. The van der Waals surface area contributed by atoms with Gasteiger partial charge in [0.25, 0.3) is 0 Å². The fourth-order valence-corrected chi connectivity index (χ4v) is 2.29. The van der Waals surface area contributed by atoms with Crippen molar-refractivity contribution in [3.05, 3.63) is 11.7 Å². The van der Waals surface area contributed by atoms with E-state index in [1.807, 2.05) is 6.92 Å². The average molecular weight is 283 g/mol. The summed E-state index contributed by atoms with van der Waals surface area (Å²) in [7, 11) is 0. The first-order valence-corrected chi connectivity index (χ1v) is 7.42. The lowest BCUT2D eigenvalue weighted by atomic mass is 9.87. The molecule has 1 aromatic heterocycles. The zero-order valence-electron chi connectivity index (χ0n) is 13.6. The number of hydrogen-bond donors (Lipinski definition) is 1. The van der Waals surface area contributed by atoms with Crippen LogP contribution < -0.4 is 5.73 Å². The van der Waals surface area contributed by atoms with Crippen molar-refractivity contribution in [3.8, 4) is 0 Å². The van der Waals surface area contributed by atoms with E-state index in [-0.39, 0.29) is 17.6 Å². The highest BCUT2D eigenvalue weighted by Gasteiger charge is 2.23. The molecule has 1 heterocycles. The molecule has 5 nitrogen and oxygen atoms in total. The second kappa shape index (κ2) is 7.18. The summed E-state index contributed by atoms with van der Waals surface area (Å²) in [4.78, 5) is 4.44. The zero-order chi connectivity index (χ0) is 15.3. The molecule has 1 aromatic rings. The quantitative estimate of drug-likeness (QED) is 0.832. The molecule has 116 valence electrons. The van der Waals surface area contributed by atoms with E-state index < -0.39 is 0 Å². The molecule has 0 aliphatic heterocycles. The van der Waals surface area contributed by atoms with Crippen LogP contribution in [0.5, 0.6) is 0 Å². The van der Waals surface area contributed by atoms with Crippen LogP contribution >= 0.6 is 0 Å². The summed E-state index contributed by atoms with van der Waals surface area (Å²) in [5.74, 6) is 1.53. The molecule has 0 fully saturated rings. The van der Waals surface area contributed by atoms with Crippen LogP contribution in [0.2, 0.25) is 0 Å². The molecule has 0 aliphatic carbocycles. The van der Waals surface area contributed by atoms with Crippen LogP contribution in [0.3, 0.4) is 0 Å². The minimum atomic E-state index is -0.114. The van der Waals surface area contributed by atoms with E-state index in [0.717, 1.165) is 6.42 Å². The van der Waals surface area contributed by atoms with Gasteiger partial charge in [-0.05, 0) is 24.7 Å². The summed E-state index contributed by atoms with van der Waals surface area (Å²) < 4.78 is 11.0. The fourth-order valence-electron chi connectivity index (χ4n) is 2.29. The molecular weight excluding hydrogens is 254 g/mol. The maximum Gasteiger partial charge on any atom is 0.228 e. The van der Waals surface area contributed by atoms with Gasteiger partial charge in [0.15, 0.2) is 0 Å². The van der Waals surface area contributed by atoms with Crippen LogP contribution in [0.25, 0.3) is 0 Å². The molecule has 0 aromatic carbocycles. The van der Waals surface area contributed by atoms with E-state index in [1.54, 1.807) is 0 Å². The second-order valence-electron chi connectivity index (χ2n) is 6.90. The van der Waals surface area contributed by atoms with Crippen LogP contribution in [-0.4, -0.2) is 22.8 Å². The molecule has 0 saturated carbocycles. The average Bonchev–Trinajstić information content (AvgIpc) is 2.70. The predicted molar refractivity (Wildman–Crippen MR) is 79.3 cm³/mol. The van der Waals surface area contributed by atoms with Gasteiger partial charge in [0.2, 0.25) is 11.7 Å². The molecule has 0 saturated heterocycles. The van der Waals surface area contributed by atoms with E-state index >= 15 is 0 Å². The topological polar surface area (TPSA) is 74.2 Å². The molecule has 2 unspecified atom stereocenters. The lowest BCUT2D eigenvalue weighted by Crippen LogP contribution is -2.28. The lowest BCUT2D eigenvalue weighted by molar-refractivity contribution is 0.0217. The van der Waals surface area contributed by atoms with Gasteiger partial charge in [-0.1, -0.05) is 39.8 Å². The Kier molecular flexibility index (Phi) is 6.14. The van der Waals surface area contributed by atoms with Gasteiger partial charge in [-0.3, -0.25) is 0 Å². The summed E-state index contributed by atoms with van der Waals surface area (Å²) in [5.41, 5.74) is 6.34. The highest BCUT2D eigenvalue weighted by atomic mass is 16.5. The molecule has 2 atom stereocenters. The van der Waals surface area contributed by atoms with Gasteiger partial charge >= 0.3 is 0 Å². The Morgan fingerprint density at radius 1 is 1.30 bits per heavy atom. The fraction of sp³-hybridized carbons (Fsp3) is 0.867. The Balaban J connectivity index is 2.66. The standard InChI is InChI=1S/C15H29N3O2/c1-7-19-13(10(2)3)14-17-12(20-18-14)8-11(16)9-15(4,5)6/h10-11,13H,7-9,16H2,1-6H3. The molecule has 1 rings (SSSR count). The Labute approximate surface area is 122 Å². The zero-order valence-corrected chi connectivity index (χ0v) is 13.6. The van der Waals surface area contributed by atoms with E-state index in [9.17, 15) is 0 Å². The third kappa shape index (κ3) is 5.59. The van der Waals surface area contributed by atoms with Crippen molar-refractivity contribution in [2.45, 2.75) is 66.5 Å². The first-order valence-electron chi connectivity index (χ1n) is 7.42. The van der Waals surface area contributed by atoms with Crippen LogP contribution in [0, 0.1) is 11.3 Å². The number of aromatic nitrogens is 2. The SMILES string of the molecule is CCOC(c1noc(CC(N)CC(C)(C)C)n1)C(C)C. The Hall–Kier alpha value is -0.940. The van der Waals surface area contributed by atoms with Crippen LogP contribution in [0.4, 0.5) is 0 Å². The van der Waals surface area contributed by atoms with Crippen molar-refractivity contribution in [2.24, 2.45) is 17.1 Å². The van der Waals surface area contributed by atoms with Gasteiger partial charge < -0.3 is 15.0 Å². The molecule has 0 radical (unpaired) electrons. The van der Waals surface area contributed by atoms with Gasteiger partial charge in [0.05, 0.1) is 0 Å². The van der Waals surface area contributed by atoms with Crippen molar-refractivity contribution >= 4 is 0 Å². The Morgan fingerprint density at radius 3 is 2.45 bits per heavy atom. The maximum atomic E-state index is 6.14. The van der Waals surface area contributed by atoms with Crippen molar-refractivity contribution in [3.63, 3.8) is 0 Å². The Morgan fingerprint density at radius 2 is 1.95 bits per heavy atom. The molecule has 0 aliphatic rings. The van der Waals surface area contributed by atoms with E-state index in [1.165, 1.54) is 0 Å².